The first-order valence-corrected chi connectivity index (χ1v) is 23.3. The standard InChI is InChI=1S/C50H85NO8/c1-3-5-7-9-11-13-15-17-18-19-20-21-22-23-24-25-26-28-30-32-34-36-38-40-46(54)51-43(42-58-50-49(57)48(56)47(55)45(41-52)59-50)44(53)39-37-35-33-31-29-27-16-14-12-10-8-6-4-2/h5,7,11,13,17-18,20-21,23-24,29,31,37,39,43-45,47-50,52-53,55-57H,3-4,6,8-10,12,14-16,19,22,25-28,30,32-36,38,40-42H2,1-2H3,(H,51,54)/b7-5-,13-11-,18-17-,21-20-,24-23-,31-29+,39-37+. The number of aliphatic hydroxyl groups excluding tert-OH is 5. The van der Waals surface area contributed by atoms with Gasteiger partial charge >= 0.3 is 0 Å². The number of hydrogen-bond acceptors (Lipinski definition) is 8. The second kappa shape index (κ2) is 39.5. The molecule has 6 N–H and O–H groups in total. The number of unbranched alkanes of at least 4 members (excludes halogenated alkanes) is 15. The maximum Gasteiger partial charge on any atom is 0.220 e. The molecule has 7 unspecified atom stereocenters. The average molecular weight is 828 g/mol. The highest BCUT2D eigenvalue weighted by molar-refractivity contribution is 5.76. The molecule has 1 saturated heterocycles. The van der Waals surface area contributed by atoms with E-state index >= 15 is 0 Å². The summed E-state index contributed by atoms with van der Waals surface area (Å²) in [4.78, 5) is 13.0. The zero-order chi connectivity index (χ0) is 43.0. The average Bonchev–Trinajstić information content (AvgIpc) is 3.23. The summed E-state index contributed by atoms with van der Waals surface area (Å²) in [5, 5.41) is 54.1. The number of nitrogens with one attached hydrogen (secondary N) is 1. The maximum atomic E-state index is 13.0. The van der Waals surface area contributed by atoms with Gasteiger partial charge in [-0.25, -0.2) is 0 Å². The smallest absolute Gasteiger partial charge is 0.220 e. The molecule has 338 valence electrons. The van der Waals surface area contributed by atoms with Crippen LogP contribution in [0.5, 0.6) is 0 Å². The molecule has 0 spiro atoms. The van der Waals surface area contributed by atoms with Crippen LogP contribution in [0.25, 0.3) is 0 Å². The molecule has 0 aromatic rings. The van der Waals surface area contributed by atoms with Gasteiger partial charge in [0.1, 0.15) is 24.4 Å². The molecule has 0 bridgehead atoms. The van der Waals surface area contributed by atoms with Crippen LogP contribution in [0.15, 0.2) is 85.1 Å². The monoisotopic (exact) mass is 828 g/mol. The molecule has 0 saturated carbocycles. The van der Waals surface area contributed by atoms with Crippen LogP contribution < -0.4 is 5.32 Å². The molecule has 1 fully saturated rings. The molecule has 1 aliphatic rings. The summed E-state index contributed by atoms with van der Waals surface area (Å²) >= 11 is 0. The van der Waals surface area contributed by atoms with E-state index in [2.05, 4.69) is 92.1 Å². The lowest BCUT2D eigenvalue weighted by Gasteiger charge is -2.40. The van der Waals surface area contributed by atoms with Crippen LogP contribution in [-0.2, 0) is 14.3 Å². The number of ether oxygens (including phenoxy) is 2. The molecule has 1 rings (SSSR count). The van der Waals surface area contributed by atoms with Crippen molar-refractivity contribution in [1.82, 2.24) is 5.32 Å². The van der Waals surface area contributed by atoms with Crippen molar-refractivity contribution in [3.05, 3.63) is 85.1 Å². The van der Waals surface area contributed by atoms with Gasteiger partial charge in [-0.2, -0.15) is 0 Å². The Morgan fingerprint density at radius 2 is 1.07 bits per heavy atom. The number of hydrogen-bond donors (Lipinski definition) is 6. The SMILES string of the molecule is CC/C=C\C/C=C\C/C=C\C/C=C\C/C=C\CCCCCCCCCC(=O)NC(COC1OC(CO)C(O)C(O)C1O)C(O)/C=C/CC/C=C/CCCCCCCCC. The number of carbonyl (C=O) groups is 1. The number of amides is 1. The zero-order valence-corrected chi connectivity index (χ0v) is 37.0. The Morgan fingerprint density at radius 3 is 1.63 bits per heavy atom. The Kier molecular flexibility index (Phi) is 36.4. The molecule has 59 heavy (non-hydrogen) atoms. The van der Waals surface area contributed by atoms with E-state index in [1.165, 1.54) is 64.2 Å². The summed E-state index contributed by atoms with van der Waals surface area (Å²) in [6.07, 6.45) is 47.7. The summed E-state index contributed by atoms with van der Waals surface area (Å²) in [6.45, 7) is 3.60. The van der Waals surface area contributed by atoms with E-state index in [4.69, 9.17) is 9.47 Å². The van der Waals surface area contributed by atoms with Crippen LogP contribution in [0.2, 0.25) is 0 Å². The lowest BCUT2D eigenvalue weighted by molar-refractivity contribution is -0.302. The summed E-state index contributed by atoms with van der Waals surface area (Å²) in [5.74, 6) is -0.204. The first-order chi connectivity index (χ1) is 28.8. The largest absolute Gasteiger partial charge is 0.394 e. The minimum atomic E-state index is -1.58. The van der Waals surface area contributed by atoms with Crippen molar-refractivity contribution in [2.24, 2.45) is 0 Å². The van der Waals surface area contributed by atoms with Crippen molar-refractivity contribution in [3.8, 4) is 0 Å². The van der Waals surface area contributed by atoms with Crippen LogP contribution in [-0.4, -0.2) is 87.5 Å². The molecular weight excluding hydrogens is 743 g/mol. The predicted octanol–water partition coefficient (Wildman–Crippen LogP) is 9.94. The van der Waals surface area contributed by atoms with Crippen molar-refractivity contribution >= 4 is 5.91 Å². The van der Waals surface area contributed by atoms with Gasteiger partial charge in [0.15, 0.2) is 6.29 Å². The van der Waals surface area contributed by atoms with Gasteiger partial charge < -0.3 is 40.3 Å². The fourth-order valence-corrected chi connectivity index (χ4v) is 6.73. The van der Waals surface area contributed by atoms with E-state index in [-0.39, 0.29) is 12.5 Å². The molecule has 0 aliphatic carbocycles. The van der Waals surface area contributed by atoms with E-state index in [1.54, 1.807) is 6.08 Å². The number of allylic oxidation sites excluding steroid dienone is 13. The number of aliphatic hydroxyl groups is 5. The van der Waals surface area contributed by atoms with Gasteiger partial charge in [0, 0.05) is 6.42 Å². The van der Waals surface area contributed by atoms with Crippen molar-refractivity contribution in [3.63, 3.8) is 0 Å². The molecule has 1 heterocycles. The summed E-state index contributed by atoms with van der Waals surface area (Å²) in [5.41, 5.74) is 0. The zero-order valence-electron chi connectivity index (χ0n) is 37.0. The van der Waals surface area contributed by atoms with Crippen molar-refractivity contribution in [1.29, 1.82) is 0 Å². The van der Waals surface area contributed by atoms with Gasteiger partial charge in [-0.05, 0) is 77.0 Å². The summed E-state index contributed by atoms with van der Waals surface area (Å²) < 4.78 is 11.2. The Morgan fingerprint density at radius 1 is 0.593 bits per heavy atom. The van der Waals surface area contributed by atoms with Crippen molar-refractivity contribution in [2.45, 2.75) is 211 Å². The fraction of sp³-hybridized carbons (Fsp3) is 0.700. The van der Waals surface area contributed by atoms with Crippen LogP contribution in [0, 0.1) is 0 Å². The van der Waals surface area contributed by atoms with Gasteiger partial charge in [0.25, 0.3) is 0 Å². The van der Waals surface area contributed by atoms with E-state index in [1.807, 2.05) is 6.08 Å². The molecule has 0 radical (unpaired) electrons. The van der Waals surface area contributed by atoms with Gasteiger partial charge in [-0.1, -0.05) is 170 Å². The van der Waals surface area contributed by atoms with Crippen LogP contribution in [0.3, 0.4) is 0 Å². The number of rotatable bonds is 37. The number of carbonyl (C=O) groups excluding carboxylic acids is 1. The lowest BCUT2D eigenvalue weighted by Crippen LogP contribution is -2.60. The van der Waals surface area contributed by atoms with E-state index in [0.29, 0.717) is 6.42 Å². The lowest BCUT2D eigenvalue weighted by atomic mass is 9.99. The molecule has 1 aliphatic heterocycles. The predicted molar refractivity (Wildman–Crippen MR) is 244 cm³/mol. The Balaban J connectivity index is 2.35. The Hall–Kier alpha value is -2.63. The van der Waals surface area contributed by atoms with Gasteiger partial charge in [0.05, 0.1) is 25.4 Å². The van der Waals surface area contributed by atoms with Gasteiger partial charge in [-0.15, -0.1) is 0 Å². The molecule has 0 aromatic heterocycles. The third kappa shape index (κ3) is 30.1. The van der Waals surface area contributed by atoms with Crippen LogP contribution in [0.4, 0.5) is 0 Å². The van der Waals surface area contributed by atoms with Crippen LogP contribution >= 0.6 is 0 Å². The summed E-state index contributed by atoms with van der Waals surface area (Å²) in [6, 6.07) is -0.832. The highest BCUT2D eigenvalue weighted by Gasteiger charge is 2.44. The van der Waals surface area contributed by atoms with Crippen LogP contribution in [0.1, 0.15) is 168 Å². The molecule has 9 nitrogen and oxygen atoms in total. The van der Waals surface area contributed by atoms with E-state index in [9.17, 15) is 30.3 Å². The quantitative estimate of drug-likeness (QED) is 0.0268. The third-order valence-electron chi connectivity index (χ3n) is 10.5. The highest BCUT2D eigenvalue weighted by Crippen LogP contribution is 2.22. The second-order valence-corrected chi connectivity index (χ2v) is 15.8. The fourth-order valence-electron chi connectivity index (χ4n) is 6.73. The normalized spacial score (nSPS) is 21.5. The van der Waals surface area contributed by atoms with Gasteiger partial charge in [0.2, 0.25) is 5.91 Å². The van der Waals surface area contributed by atoms with E-state index < -0.39 is 49.5 Å². The van der Waals surface area contributed by atoms with Crippen molar-refractivity contribution in [2.75, 3.05) is 13.2 Å². The topological polar surface area (TPSA) is 149 Å². The third-order valence-corrected chi connectivity index (χ3v) is 10.5. The molecule has 9 heteroatoms. The highest BCUT2D eigenvalue weighted by atomic mass is 16.7. The first kappa shape index (κ1) is 54.4. The Labute approximate surface area is 359 Å². The first-order valence-electron chi connectivity index (χ1n) is 23.3. The molecular formula is C50H85NO8. The van der Waals surface area contributed by atoms with Gasteiger partial charge in [-0.3, -0.25) is 4.79 Å². The minimum absolute atomic E-state index is 0.204. The van der Waals surface area contributed by atoms with E-state index in [0.717, 1.165) is 83.5 Å². The molecule has 0 aromatic carbocycles. The minimum Gasteiger partial charge on any atom is -0.394 e. The molecule has 7 atom stereocenters. The molecule has 1 amide bonds. The Bertz CT molecular complexity index is 1190. The second-order valence-electron chi connectivity index (χ2n) is 15.8. The summed E-state index contributed by atoms with van der Waals surface area (Å²) in [7, 11) is 0. The van der Waals surface area contributed by atoms with Crippen molar-refractivity contribution < 1.29 is 39.8 Å². The maximum absolute atomic E-state index is 13.0.